The Morgan fingerprint density at radius 1 is 0.339 bits per heavy atom. The Kier molecular flexibility index (Phi) is 7.74. The van der Waals surface area contributed by atoms with Crippen LogP contribution in [0, 0.1) is 0 Å². The smallest absolute Gasteiger partial charge is 0.195 e. The molecule has 0 aliphatic heterocycles. The zero-order chi connectivity index (χ0) is 40.7. The molecular weight excluding hydrogens is 773 g/mol. The van der Waals surface area contributed by atoms with Gasteiger partial charge in [-0.1, -0.05) is 157 Å². The second-order valence-corrected chi connectivity index (χ2v) is 17.0. The second kappa shape index (κ2) is 13.8. The Bertz CT molecular complexity index is 3850. The van der Waals surface area contributed by atoms with Gasteiger partial charge in [0.05, 0.1) is 43.7 Å². The van der Waals surface area contributed by atoms with E-state index in [0.717, 1.165) is 44.4 Å². The number of imidazole rings is 1. The molecule has 0 unspecified atom stereocenters. The number of rotatable bonds is 6. The first-order chi connectivity index (χ1) is 30.8. The molecule has 5 heteroatoms. The van der Waals surface area contributed by atoms with Crippen molar-refractivity contribution >= 4 is 70.1 Å². The Morgan fingerprint density at radius 2 is 0.823 bits per heavy atom. The molecule has 0 atom stereocenters. The number of aromatic nitrogens is 4. The Morgan fingerprint density at radius 3 is 1.47 bits per heavy atom. The van der Waals surface area contributed by atoms with Gasteiger partial charge in [0.25, 0.3) is 0 Å². The van der Waals surface area contributed by atoms with Crippen LogP contribution in [-0.2, 0) is 0 Å². The lowest BCUT2D eigenvalue weighted by atomic mass is 9.95. The number of nitrogens with zero attached hydrogens (tertiary/aromatic N) is 4. The summed E-state index contributed by atoms with van der Waals surface area (Å²) in [6.45, 7) is 0. The number of benzene rings is 9. The molecule has 0 fully saturated rings. The predicted molar refractivity (Wildman–Crippen MR) is 261 cm³/mol. The van der Waals surface area contributed by atoms with E-state index >= 15 is 0 Å². The van der Waals surface area contributed by atoms with Gasteiger partial charge < -0.3 is 9.13 Å². The number of thiazole rings is 1. The van der Waals surface area contributed by atoms with Crippen molar-refractivity contribution < 1.29 is 0 Å². The topological polar surface area (TPSA) is 27.2 Å². The van der Waals surface area contributed by atoms with Crippen LogP contribution in [0.15, 0.2) is 218 Å². The van der Waals surface area contributed by atoms with Gasteiger partial charge in [-0.2, -0.15) is 0 Å². The summed E-state index contributed by atoms with van der Waals surface area (Å²) in [7, 11) is 0. The Hall–Kier alpha value is -7.99. The van der Waals surface area contributed by atoms with Gasteiger partial charge in [0.2, 0.25) is 0 Å². The summed E-state index contributed by atoms with van der Waals surface area (Å²) in [6, 6.07) is 79.1. The quantitative estimate of drug-likeness (QED) is 0.164. The summed E-state index contributed by atoms with van der Waals surface area (Å²) >= 11 is 1.75. The van der Waals surface area contributed by atoms with Gasteiger partial charge >= 0.3 is 0 Å². The molecule has 0 saturated heterocycles. The highest BCUT2D eigenvalue weighted by Crippen LogP contribution is 2.45. The van der Waals surface area contributed by atoms with Gasteiger partial charge in [-0.3, -0.25) is 4.40 Å². The molecule has 0 amide bonds. The van der Waals surface area contributed by atoms with Gasteiger partial charge in [0, 0.05) is 44.0 Å². The maximum atomic E-state index is 5.56. The van der Waals surface area contributed by atoms with Crippen molar-refractivity contribution in [1.29, 1.82) is 0 Å². The highest BCUT2D eigenvalue weighted by Gasteiger charge is 2.24. The van der Waals surface area contributed by atoms with Crippen LogP contribution in [0.1, 0.15) is 0 Å². The van der Waals surface area contributed by atoms with Crippen LogP contribution in [0.4, 0.5) is 0 Å². The van der Waals surface area contributed by atoms with Crippen molar-refractivity contribution in [2.75, 3.05) is 0 Å². The molecular formula is C57H36N4S. The number of hydrogen-bond acceptors (Lipinski definition) is 2. The van der Waals surface area contributed by atoms with Crippen molar-refractivity contribution in [2.24, 2.45) is 0 Å². The first kappa shape index (κ1) is 34.8. The van der Waals surface area contributed by atoms with Crippen LogP contribution in [0.3, 0.4) is 0 Å². The third-order valence-electron chi connectivity index (χ3n) is 12.5. The average Bonchev–Trinajstić information content (AvgIpc) is 4.08. The van der Waals surface area contributed by atoms with Gasteiger partial charge in [-0.25, -0.2) is 4.98 Å². The standard InChI is InChI=1S/C57H36N4S/c1-4-16-37(17-5-1)43-22-10-11-25-46(43)56-55(40-29-32-52-48(35-40)45-24-13-15-27-50(45)60(52)42-20-8-3-9-21-42)58-57-61(56)53-36-39(30-33-54(53)62-57)38-28-31-51-47(34-38)44-23-12-14-26-49(44)59(51)41-18-6-2-7-19-41/h1-36H. The van der Waals surface area contributed by atoms with E-state index in [9.17, 15) is 0 Å². The third kappa shape index (κ3) is 5.29. The minimum Gasteiger partial charge on any atom is -0.309 e. The third-order valence-corrected chi connectivity index (χ3v) is 13.5. The van der Waals surface area contributed by atoms with Crippen LogP contribution in [-0.4, -0.2) is 18.5 Å². The fourth-order valence-electron chi connectivity index (χ4n) is 9.74. The monoisotopic (exact) mass is 808 g/mol. The lowest BCUT2D eigenvalue weighted by molar-refractivity contribution is 1.18. The molecule has 9 aromatic carbocycles. The molecule has 62 heavy (non-hydrogen) atoms. The molecule has 0 N–H and O–H groups in total. The lowest BCUT2D eigenvalue weighted by Gasteiger charge is -2.13. The van der Waals surface area contributed by atoms with E-state index in [1.807, 2.05) is 0 Å². The molecule has 4 nitrogen and oxygen atoms in total. The van der Waals surface area contributed by atoms with E-state index in [0.29, 0.717) is 0 Å². The van der Waals surface area contributed by atoms with E-state index in [1.54, 1.807) is 11.3 Å². The fourth-order valence-corrected chi connectivity index (χ4v) is 10.7. The Labute approximate surface area is 361 Å². The van der Waals surface area contributed by atoms with Crippen LogP contribution >= 0.6 is 11.3 Å². The summed E-state index contributed by atoms with van der Waals surface area (Å²) in [5, 5.41) is 4.91. The number of fused-ring (bicyclic) bond motifs is 9. The molecule has 0 bridgehead atoms. The molecule has 0 saturated carbocycles. The van der Waals surface area contributed by atoms with Gasteiger partial charge in [0.15, 0.2) is 4.96 Å². The first-order valence-electron chi connectivity index (χ1n) is 21.0. The highest BCUT2D eigenvalue weighted by molar-refractivity contribution is 7.23. The summed E-state index contributed by atoms with van der Waals surface area (Å²) < 4.78 is 8.36. The van der Waals surface area contributed by atoms with Crippen molar-refractivity contribution in [2.45, 2.75) is 0 Å². The molecule has 0 spiro atoms. The van der Waals surface area contributed by atoms with Crippen molar-refractivity contribution in [3.05, 3.63) is 218 Å². The predicted octanol–water partition coefficient (Wildman–Crippen LogP) is 15.4. The minimum atomic E-state index is 0.971. The molecule has 4 heterocycles. The summed E-state index contributed by atoms with van der Waals surface area (Å²) in [4.78, 5) is 6.53. The van der Waals surface area contributed by atoms with E-state index in [4.69, 9.17) is 4.98 Å². The van der Waals surface area contributed by atoms with Crippen molar-refractivity contribution in [3.8, 4) is 56.1 Å². The summed E-state index contributed by atoms with van der Waals surface area (Å²) in [6.07, 6.45) is 0. The molecule has 0 radical (unpaired) electrons. The molecule has 13 rings (SSSR count). The average molecular weight is 809 g/mol. The summed E-state index contributed by atoms with van der Waals surface area (Å²) in [5.41, 5.74) is 17.2. The van der Waals surface area contributed by atoms with Crippen molar-refractivity contribution in [3.63, 3.8) is 0 Å². The molecule has 4 aromatic heterocycles. The zero-order valence-electron chi connectivity index (χ0n) is 33.5. The van der Waals surface area contributed by atoms with E-state index in [-0.39, 0.29) is 0 Å². The van der Waals surface area contributed by atoms with Crippen molar-refractivity contribution in [1.82, 2.24) is 18.5 Å². The molecule has 13 aromatic rings. The lowest BCUT2D eigenvalue weighted by Crippen LogP contribution is -1.94. The van der Waals surface area contributed by atoms with E-state index in [2.05, 4.69) is 232 Å². The fraction of sp³-hybridized carbons (Fsp3) is 0. The van der Waals surface area contributed by atoms with Gasteiger partial charge in [-0.05, 0) is 95.1 Å². The maximum Gasteiger partial charge on any atom is 0.195 e. The normalized spacial score (nSPS) is 11.9. The zero-order valence-corrected chi connectivity index (χ0v) is 34.3. The molecule has 290 valence electrons. The summed E-state index contributed by atoms with van der Waals surface area (Å²) in [5.74, 6) is 0. The first-order valence-corrected chi connectivity index (χ1v) is 21.9. The van der Waals surface area contributed by atoms with Crippen LogP contribution in [0.5, 0.6) is 0 Å². The van der Waals surface area contributed by atoms with Crippen LogP contribution in [0.2, 0.25) is 0 Å². The largest absolute Gasteiger partial charge is 0.309 e. The number of para-hydroxylation sites is 4. The van der Waals surface area contributed by atoms with Gasteiger partial charge in [-0.15, -0.1) is 0 Å². The SMILES string of the molecule is c1ccc(-c2ccccc2-c2c(-c3ccc4c(c3)c3ccccc3n4-c3ccccc3)nc3sc4ccc(-c5ccc6c(c5)c5ccccc5n6-c5ccccc5)cc4n23)cc1. The minimum absolute atomic E-state index is 0.971. The highest BCUT2D eigenvalue weighted by atomic mass is 32.1. The maximum absolute atomic E-state index is 5.56. The molecule has 0 aliphatic carbocycles. The Balaban J connectivity index is 1.05. The molecule has 0 aliphatic rings. The van der Waals surface area contributed by atoms with E-state index in [1.165, 1.54) is 70.6 Å². The van der Waals surface area contributed by atoms with E-state index < -0.39 is 0 Å². The van der Waals surface area contributed by atoms with Crippen LogP contribution in [0.25, 0.3) is 115 Å². The number of hydrogen-bond donors (Lipinski definition) is 0. The van der Waals surface area contributed by atoms with Crippen LogP contribution < -0.4 is 0 Å². The van der Waals surface area contributed by atoms with Gasteiger partial charge in [0.1, 0.15) is 0 Å². The second-order valence-electron chi connectivity index (χ2n) is 16.0.